The summed E-state index contributed by atoms with van der Waals surface area (Å²) in [7, 11) is 0. The third-order valence-corrected chi connectivity index (χ3v) is 6.18. The predicted molar refractivity (Wildman–Crippen MR) is 115 cm³/mol. The molecular formula is C22H18F2N4O3S. The molecule has 4 rings (SSSR count). The minimum atomic E-state index is -0.817. The minimum Gasteiger partial charge on any atom is -0.311 e. The van der Waals surface area contributed by atoms with E-state index in [4.69, 9.17) is 0 Å². The number of hydrogen-bond acceptors (Lipinski definition) is 5. The van der Waals surface area contributed by atoms with Crippen LogP contribution >= 0.6 is 11.3 Å². The molecule has 0 radical (unpaired) electrons. The van der Waals surface area contributed by atoms with Gasteiger partial charge in [-0.2, -0.15) is 0 Å². The molecule has 3 amide bonds. The van der Waals surface area contributed by atoms with Crippen LogP contribution in [0, 0.1) is 24.5 Å². The summed E-state index contributed by atoms with van der Waals surface area (Å²) in [5, 5.41) is 0.680. The monoisotopic (exact) mass is 456 g/mol. The number of rotatable bonds is 4. The number of hydrogen-bond donors (Lipinski definition) is 2. The lowest BCUT2D eigenvalue weighted by atomic mass is 10.1. The molecule has 1 aliphatic heterocycles. The molecule has 3 aromatic rings. The van der Waals surface area contributed by atoms with E-state index in [-0.39, 0.29) is 18.7 Å². The lowest BCUT2D eigenvalue weighted by Crippen LogP contribution is -2.45. The van der Waals surface area contributed by atoms with E-state index in [1.165, 1.54) is 11.3 Å². The highest BCUT2D eigenvalue weighted by molar-refractivity contribution is 7.17. The highest BCUT2D eigenvalue weighted by Crippen LogP contribution is 2.28. The Morgan fingerprint density at radius 2 is 1.78 bits per heavy atom. The quantitative estimate of drug-likeness (QED) is 0.590. The van der Waals surface area contributed by atoms with Gasteiger partial charge in [-0.3, -0.25) is 25.2 Å². The molecule has 164 valence electrons. The van der Waals surface area contributed by atoms with E-state index < -0.39 is 35.3 Å². The zero-order valence-electron chi connectivity index (χ0n) is 16.9. The summed E-state index contributed by atoms with van der Waals surface area (Å²) in [6.07, 6.45) is -0.141. The number of anilines is 1. The summed E-state index contributed by atoms with van der Waals surface area (Å²) in [5.41, 5.74) is 6.12. The molecule has 1 aromatic heterocycles. The number of halogens is 2. The van der Waals surface area contributed by atoms with Crippen molar-refractivity contribution in [2.75, 3.05) is 11.4 Å². The van der Waals surface area contributed by atoms with Crippen LogP contribution in [-0.2, 0) is 9.59 Å². The molecule has 0 bridgehead atoms. The molecule has 1 atom stereocenters. The van der Waals surface area contributed by atoms with Crippen LogP contribution in [-0.4, -0.2) is 29.3 Å². The highest BCUT2D eigenvalue weighted by atomic mass is 32.1. The maximum atomic E-state index is 13.5. The highest BCUT2D eigenvalue weighted by Gasteiger charge is 2.35. The topological polar surface area (TPSA) is 91.4 Å². The molecule has 2 N–H and O–H groups in total. The van der Waals surface area contributed by atoms with Gasteiger partial charge in [0.1, 0.15) is 21.5 Å². The van der Waals surface area contributed by atoms with E-state index in [1.54, 1.807) is 6.92 Å². The minimum absolute atomic E-state index is 0.0422. The number of hydrazine groups is 1. The summed E-state index contributed by atoms with van der Waals surface area (Å²) in [4.78, 5) is 43.2. The second-order valence-electron chi connectivity index (χ2n) is 7.28. The van der Waals surface area contributed by atoms with E-state index in [1.807, 2.05) is 30.3 Å². The summed E-state index contributed by atoms with van der Waals surface area (Å²) in [6.45, 7) is 1.65. The number of benzene rings is 2. The average molecular weight is 456 g/mol. The van der Waals surface area contributed by atoms with Crippen molar-refractivity contribution in [2.45, 2.75) is 13.3 Å². The number of carbonyl (C=O) groups is 3. The van der Waals surface area contributed by atoms with Crippen molar-refractivity contribution in [2.24, 2.45) is 5.92 Å². The Bertz CT molecular complexity index is 1180. The maximum absolute atomic E-state index is 13.5. The van der Waals surface area contributed by atoms with E-state index in [0.29, 0.717) is 21.6 Å². The SMILES string of the molecule is Cc1nc(-c2ccccc2)sc1C(=O)NNC(=O)C1CC(=O)N(c2cc(F)cc(F)c2)C1. The zero-order chi connectivity index (χ0) is 22.8. The molecule has 0 spiro atoms. The van der Waals surface area contributed by atoms with Gasteiger partial charge in [0.25, 0.3) is 5.91 Å². The van der Waals surface area contributed by atoms with E-state index in [2.05, 4.69) is 15.8 Å². The Morgan fingerprint density at radius 3 is 2.47 bits per heavy atom. The summed E-state index contributed by atoms with van der Waals surface area (Å²) in [5.74, 6) is -3.95. The van der Waals surface area contributed by atoms with Crippen LogP contribution in [0.4, 0.5) is 14.5 Å². The maximum Gasteiger partial charge on any atom is 0.281 e. The molecule has 7 nitrogen and oxygen atoms in total. The Morgan fingerprint density at radius 1 is 1.09 bits per heavy atom. The Labute approximate surface area is 186 Å². The third-order valence-electron chi connectivity index (χ3n) is 4.98. The predicted octanol–water partition coefficient (Wildman–Crippen LogP) is 3.21. The zero-order valence-corrected chi connectivity index (χ0v) is 17.7. The largest absolute Gasteiger partial charge is 0.311 e. The van der Waals surface area contributed by atoms with Crippen LogP contribution in [0.5, 0.6) is 0 Å². The lowest BCUT2D eigenvalue weighted by Gasteiger charge is -2.17. The van der Waals surface area contributed by atoms with Gasteiger partial charge in [-0.15, -0.1) is 11.3 Å². The van der Waals surface area contributed by atoms with Gasteiger partial charge in [-0.05, 0) is 19.1 Å². The number of amides is 3. The van der Waals surface area contributed by atoms with Crippen LogP contribution in [0.25, 0.3) is 10.6 Å². The first-order valence-corrected chi connectivity index (χ1v) is 10.5. The fraction of sp³-hybridized carbons (Fsp3) is 0.182. The van der Waals surface area contributed by atoms with Crippen LogP contribution in [0.2, 0.25) is 0 Å². The van der Waals surface area contributed by atoms with Gasteiger partial charge in [0.2, 0.25) is 11.8 Å². The normalized spacial score (nSPS) is 15.7. The molecule has 32 heavy (non-hydrogen) atoms. The molecule has 2 aromatic carbocycles. The fourth-order valence-corrected chi connectivity index (χ4v) is 4.38. The first-order valence-electron chi connectivity index (χ1n) is 9.71. The molecule has 10 heteroatoms. The third kappa shape index (κ3) is 4.50. The number of aryl methyl sites for hydroxylation is 1. The fourth-order valence-electron chi connectivity index (χ4n) is 3.42. The van der Waals surface area contributed by atoms with Crippen molar-refractivity contribution in [3.63, 3.8) is 0 Å². The molecule has 1 saturated heterocycles. The van der Waals surface area contributed by atoms with Crippen molar-refractivity contribution >= 4 is 34.7 Å². The van der Waals surface area contributed by atoms with Crippen molar-refractivity contribution < 1.29 is 23.2 Å². The molecule has 0 aliphatic carbocycles. The molecule has 2 heterocycles. The van der Waals surface area contributed by atoms with Crippen molar-refractivity contribution in [1.82, 2.24) is 15.8 Å². The van der Waals surface area contributed by atoms with Gasteiger partial charge < -0.3 is 4.90 Å². The molecule has 1 aliphatic rings. The summed E-state index contributed by atoms with van der Waals surface area (Å²) in [6, 6.07) is 12.2. The van der Waals surface area contributed by atoms with Gasteiger partial charge in [0.05, 0.1) is 11.6 Å². The first kappa shape index (κ1) is 21.6. The molecular weight excluding hydrogens is 438 g/mol. The molecule has 1 fully saturated rings. The average Bonchev–Trinajstić information content (AvgIpc) is 3.34. The Balaban J connectivity index is 1.38. The van der Waals surface area contributed by atoms with E-state index in [0.717, 1.165) is 22.6 Å². The molecule has 1 unspecified atom stereocenters. The number of carbonyl (C=O) groups excluding carboxylic acids is 3. The number of nitrogens with one attached hydrogen (secondary N) is 2. The van der Waals surface area contributed by atoms with Crippen LogP contribution < -0.4 is 15.8 Å². The Kier molecular flexibility index (Phi) is 5.95. The van der Waals surface area contributed by atoms with Crippen molar-refractivity contribution in [3.05, 3.63) is 70.7 Å². The number of thiazole rings is 1. The summed E-state index contributed by atoms with van der Waals surface area (Å²) < 4.78 is 26.9. The van der Waals surface area contributed by atoms with Crippen LogP contribution in [0.15, 0.2) is 48.5 Å². The van der Waals surface area contributed by atoms with E-state index in [9.17, 15) is 23.2 Å². The molecule has 0 saturated carbocycles. The Hall–Kier alpha value is -3.66. The first-order chi connectivity index (χ1) is 15.3. The lowest BCUT2D eigenvalue weighted by molar-refractivity contribution is -0.126. The van der Waals surface area contributed by atoms with Gasteiger partial charge in [0.15, 0.2) is 0 Å². The van der Waals surface area contributed by atoms with E-state index >= 15 is 0 Å². The standard InChI is InChI=1S/C22H18F2N4O3S/c1-12-19(32-22(25-12)13-5-3-2-4-6-13)21(31)27-26-20(30)14-7-18(29)28(11-14)17-9-15(23)8-16(24)10-17/h2-6,8-10,14H,7,11H2,1H3,(H,26,30)(H,27,31). The van der Waals surface area contributed by atoms with Crippen LogP contribution in [0.3, 0.4) is 0 Å². The van der Waals surface area contributed by atoms with Gasteiger partial charge in [0, 0.05) is 30.3 Å². The van der Waals surface area contributed by atoms with Gasteiger partial charge >= 0.3 is 0 Å². The summed E-state index contributed by atoms with van der Waals surface area (Å²) >= 11 is 1.20. The van der Waals surface area contributed by atoms with Gasteiger partial charge in [-0.1, -0.05) is 30.3 Å². The second-order valence-corrected chi connectivity index (χ2v) is 8.28. The van der Waals surface area contributed by atoms with Crippen LogP contribution in [0.1, 0.15) is 21.8 Å². The van der Waals surface area contributed by atoms with Crippen molar-refractivity contribution in [1.29, 1.82) is 0 Å². The number of nitrogens with zero attached hydrogens (tertiary/aromatic N) is 2. The second kappa shape index (κ2) is 8.83. The number of aromatic nitrogens is 1. The van der Waals surface area contributed by atoms with Crippen molar-refractivity contribution in [3.8, 4) is 10.6 Å². The smallest absolute Gasteiger partial charge is 0.281 e. The van der Waals surface area contributed by atoms with Gasteiger partial charge in [-0.25, -0.2) is 13.8 Å².